The molecular formula is C9H17N. The third kappa shape index (κ3) is 3.46. The van der Waals surface area contributed by atoms with Gasteiger partial charge in [0.2, 0.25) is 0 Å². The van der Waals surface area contributed by atoms with E-state index < -0.39 is 0 Å². The fourth-order valence-electron chi connectivity index (χ4n) is 0.811. The highest BCUT2D eigenvalue weighted by molar-refractivity contribution is 4.89. The van der Waals surface area contributed by atoms with Gasteiger partial charge in [-0.1, -0.05) is 26.0 Å². The Bertz CT molecular complexity index is 105. The van der Waals surface area contributed by atoms with Gasteiger partial charge in [0.1, 0.15) is 0 Å². The smallest absolute Gasteiger partial charge is 0.0273 e. The van der Waals surface area contributed by atoms with E-state index in [-0.39, 0.29) is 0 Å². The van der Waals surface area contributed by atoms with Crippen molar-refractivity contribution in [3.05, 3.63) is 25.3 Å². The van der Waals surface area contributed by atoms with Crippen LogP contribution in [0, 0.1) is 5.92 Å². The molecule has 0 saturated carbocycles. The zero-order valence-electron chi connectivity index (χ0n) is 6.93. The molecule has 0 spiro atoms. The third-order valence-electron chi connectivity index (χ3n) is 1.47. The van der Waals surface area contributed by atoms with Gasteiger partial charge in [0, 0.05) is 12.6 Å². The fourth-order valence-corrected chi connectivity index (χ4v) is 0.811. The van der Waals surface area contributed by atoms with Crippen molar-refractivity contribution in [2.75, 3.05) is 6.54 Å². The summed E-state index contributed by atoms with van der Waals surface area (Å²) in [6, 6.07) is 0.415. The lowest BCUT2D eigenvalue weighted by Gasteiger charge is -2.16. The van der Waals surface area contributed by atoms with Crippen LogP contribution >= 0.6 is 0 Å². The van der Waals surface area contributed by atoms with Crippen molar-refractivity contribution in [2.24, 2.45) is 5.92 Å². The van der Waals surface area contributed by atoms with Crippen LogP contribution in [0.25, 0.3) is 0 Å². The molecule has 0 aromatic rings. The molecule has 1 atom stereocenters. The molecule has 10 heavy (non-hydrogen) atoms. The van der Waals surface area contributed by atoms with Gasteiger partial charge in [0.25, 0.3) is 0 Å². The molecule has 1 heteroatoms. The SMILES string of the molecule is C=CCN[C@H](C=C)C(C)C. The first-order valence-electron chi connectivity index (χ1n) is 3.69. The lowest BCUT2D eigenvalue weighted by Crippen LogP contribution is -2.31. The van der Waals surface area contributed by atoms with E-state index in [4.69, 9.17) is 0 Å². The molecule has 0 radical (unpaired) electrons. The molecule has 1 N–H and O–H groups in total. The van der Waals surface area contributed by atoms with Crippen LogP contribution in [-0.4, -0.2) is 12.6 Å². The van der Waals surface area contributed by atoms with Crippen molar-refractivity contribution in [3.8, 4) is 0 Å². The first-order chi connectivity index (χ1) is 4.72. The minimum atomic E-state index is 0.415. The Morgan fingerprint density at radius 1 is 1.40 bits per heavy atom. The molecule has 1 nitrogen and oxygen atoms in total. The molecule has 0 aromatic heterocycles. The third-order valence-corrected chi connectivity index (χ3v) is 1.47. The summed E-state index contributed by atoms with van der Waals surface area (Å²) in [6.45, 7) is 12.6. The van der Waals surface area contributed by atoms with Crippen LogP contribution in [0.4, 0.5) is 0 Å². The molecule has 0 aliphatic carbocycles. The maximum atomic E-state index is 3.74. The Labute approximate surface area is 63.8 Å². The van der Waals surface area contributed by atoms with Gasteiger partial charge in [0.15, 0.2) is 0 Å². The van der Waals surface area contributed by atoms with E-state index in [1.807, 2.05) is 12.2 Å². The van der Waals surface area contributed by atoms with Gasteiger partial charge in [-0.3, -0.25) is 0 Å². The lowest BCUT2D eigenvalue weighted by atomic mass is 10.1. The van der Waals surface area contributed by atoms with Crippen LogP contribution < -0.4 is 5.32 Å². The Balaban J connectivity index is 3.59. The molecule has 0 saturated heterocycles. The summed E-state index contributed by atoms with van der Waals surface area (Å²) < 4.78 is 0. The van der Waals surface area contributed by atoms with E-state index in [9.17, 15) is 0 Å². The van der Waals surface area contributed by atoms with E-state index in [2.05, 4.69) is 32.3 Å². The van der Waals surface area contributed by atoms with Crippen LogP contribution in [0.1, 0.15) is 13.8 Å². The van der Waals surface area contributed by atoms with Gasteiger partial charge in [-0.15, -0.1) is 13.2 Å². The highest BCUT2D eigenvalue weighted by Crippen LogP contribution is 2.00. The van der Waals surface area contributed by atoms with Gasteiger partial charge >= 0.3 is 0 Å². The largest absolute Gasteiger partial charge is 0.307 e. The topological polar surface area (TPSA) is 12.0 Å². The predicted molar refractivity (Wildman–Crippen MR) is 47.0 cm³/mol. The summed E-state index contributed by atoms with van der Waals surface area (Å²) in [6.07, 6.45) is 3.80. The van der Waals surface area contributed by atoms with Crippen molar-refractivity contribution in [1.82, 2.24) is 5.32 Å². The quantitative estimate of drug-likeness (QED) is 0.574. The fraction of sp³-hybridized carbons (Fsp3) is 0.556. The molecule has 58 valence electrons. The van der Waals surface area contributed by atoms with Crippen molar-refractivity contribution < 1.29 is 0 Å². The molecule has 0 heterocycles. The normalized spacial score (nSPS) is 13.1. The van der Waals surface area contributed by atoms with Crippen LogP contribution in [0.3, 0.4) is 0 Å². The van der Waals surface area contributed by atoms with Crippen LogP contribution in [0.15, 0.2) is 25.3 Å². The Hall–Kier alpha value is -0.560. The van der Waals surface area contributed by atoms with E-state index in [1.54, 1.807) is 0 Å². The second kappa shape index (κ2) is 5.24. The van der Waals surface area contributed by atoms with Gasteiger partial charge in [-0.05, 0) is 5.92 Å². The van der Waals surface area contributed by atoms with E-state index >= 15 is 0 Å². The Morgan fingerprint density at radius 2 is 2.00 bits per heavy atom. The second-order valence-electron chi connectivity index (χ2n) is 2.70. The molecule has 0 rings (SSSR count). The standard InChI is InChI=1S/C9H17N/c1-5-7-10-9(6-2)8(3)4/h5-6,8-10H,1-2,7H2,3-4H3/t9-/m1/s1. The Kier molecular flexibility index (Phi) is 4.95. The first-order valence-corrected chi connectivity index (χ1v) is 3.69. The summed E-state index contributed by atoms with van der Waals surface area (Å²) in [5.41, 5.74) is 0. The minimum Gasteiger partial charge on any atom is -0.307 e. The summed E-state index contributed by atoms with van der Waals surface area (Å²) in [5.74, 6) is 0.609. The van der Waals surface area contributed by atoms with Gasteiger partial charge < -0.3 is 5.32 Å². The first kappa shape index (κ1) is 9.44. The highest BCUT2D eigenvalue weighted by atomic mass is 14.9. The number of rotatable bonds is 5. The van der Waals surface area contributed by atoms with Gasteiger partial charge in [-0.2, -0.15) is 0 Å². The van der Waals surface area contributed by atoms with Crippen LogP contribution in [-0.2, 0) is 0 Å². The average molecular weight is 139 g/mol. The Morgan fingerprint density at radius 3 is 2.30 bits per heavy atom. The number of nitrogens with one attached hydrogen (secondary N) is 1. The molecule has 0 aromatic carbocycles. The molecule has 0 unspecified atom stereocenters. The summed E-state index contributed by atoms with van der Waals surface area (Å²) >= 11 is 0. The predicted octanol–water partition coefficient (Wildman–Crippen LogP) is 1.97. The van der Waals surface area contributed by atoms with E-state index in [1.165, 1.54) is 0 Å². The van der Waals surface area contributed by atoms with Crippen molar-refractivity contribution in [2.45, 2.75) is 19.9 Å². The van der Waals surface area contributed by atoms with E-state index in [0.717, 1.165) is 6.54 Å². The number of hydrogen-bond donors (Lipinski definition) is 1. The maximum absolute atomic E-state index is 3.74. The zero-order valence-corrected chi connectivity index (χ0v) is 6.93. The van der Waals surface area contributed by atoms with Crippen LogP contribution in [0.5, 0.6) is 0 Å². The summed E-state index contributed by atoms with van der Waals surface area (Å²) in [4.78, 5) is 0. The van der Waals surface area contributed by atoms with Gasteiger partial charge in [-0.25, -0.2) is 0 Å². The maximum Gasteiger partial charge on any atom is 0.0273 e. The molecule has 0 aliphatic rings. The molecule has 0 amide bonds. The monoisotopic (exact) mass is 139 g/mol. The van der Waals surface area contributed by atoms with E-state index in [0.29, 0.717) is 12.0 Å². The lowest BCUT2D eigenvalue weighted by molar-refractivity contribution is 0.485. The zero-order chi connectivity index (χ0) is 7.98. The van der Waals surface area contributed by atoms with Crippen LogP contribution in [0.2, 0.25) is 0 Å². The molecular weight excluding hydrogens is 122 g/mol. The average Bonchev–Trinajstić information content (AvgIpc) is 1.89. The van der Waals surface area contributed by atoms with Crippen molar-refractivity contribution >= 4 is 0 Å². The number of hydrogen-bond acceptors (Lipinski definition) is 1. The highest BCUT2D eigenvalue weighted by Gasteiger charge is 2.05. The summed E-state index contributed by atoms with van der Waals surface area (Å²) in [7, 11) is 0. The van der Waals surface area contributed by atoms with Gasteiger partial charge in [0.05, 0.1) is 0 Å². The molecule has 0 bridgehead atoms. The minimum absolute atomic E-state index is 0.415. The molecule has 0 aliphatic heterocycles. The van der Waals surface area contributed by atoms with Crippen molar-refractivity contribution in [3.63, 3.8) is 0 Å². The summed E-state index contributed by atoms with van der Waals surface area (Å²) in [5, 5.41) is 3.28. The molecule has 0 fully saturated rings. The van der Waals surface area contributed by atoms with Crippen molar-refractivity contribution in [1.29, 1.82) is 0 Å². The second-order valence-corrected chi connectivity index (χ2v) is 2.70.